The van der Waals surface area contributed by atoms with E-state index in [1.807, 2.05) is 20.8 Å². The summed E-state index contributed by atoms with van der Waals surface area (Å²) >= 11 is 0. The summed E-state index contributed by atoms with van der Waals surface area (Å²) in [5, 5.41) is 15.4. The summed E-state index contributed by atoms with van der Waals surface area (Å²) in [5.41, 5.74) is 0.284. The fraction of sp³-hybridized carbons (Fsp3) is 0.478. The molecule has 3 rings (SSSR count). The molecule has 2 heterocycles. The number of piperidine rings is 1. The topological polar surface area (TPSA) is 117 Å². The summed E-state index contributed by atoms with van der Waals surface area (Å²) < 4.78 is 19.0. The molecule has 0 aliphatic carbocycles. The molecule has 1 amide bonds. The van der Waals surface area contributed by atoms with Crippen LogP contribution in [0.15, 0.2) is 30.6 Å². The van der Waals surface area contributed by atoms with Gasteiger partial charge >= 0.3 is 12.1 Å². The van der Waals surface area contributed by atoms with Crippen LogP contribution in [-0.2, 0) is 11.3 Å². The number of ether oxygens (including phenoxy) is 1. The number of benzene rings is 1. The van der Waals surface area contributed by atoms with Crippen LogP contribution in [-0.4, -0.2) is 57.3 Å². The van der Waals surface area contributed by atoms with Crippen molar-refractivity contribution >= 4 is 23.6 Å². The molecule has 1 aliphatic rings. The second kappa shape index (κ2) is 10.6. The smallest absolute Gasteiger partial charge is 0.410 e. The van der Waals surface area contributed by atoms with Crippen LogP contribution in [0.3, 0.4) is 0 Å². The Morgan fingerprint density at radius 3 is 2.61 bits per heavy atom. The minimum absolute atomic E-state index is 0.258. The third-order valence-electron chi connectivity index (χ3n) is 5.20. The molecule has 33 heavy (non-hydrogen) atoms. The Hall–Kier alpha value is -3.27. The number of hydrogen-bond acceptors (Lipinski definition) is 7. The van der Waals surface area contributed by atoms with Crippen LogP contribution in [0, 0.1) is 11.7 Å². The average molecular weight is 460 g/mol. The van der Waals surface area contributed by atoms with Gasteiger partial charge in [-0.05, 0) is 64.3 Å². The highest BCUT2D eigenvalue weighted by Gasteiger charge is 2.26. The molecule has 0 spiro atoms. The second-order valence-electron chi connectivity index (χ2n) is 9.06. The zero-order chi connectivity index (χ0) is 24.0. The molecule has 1 aliphatic heterocycles. The summed E-state index contributed by atoms with van der Waals surface area (Å²) in [6, 6.07) is 5.53. The fourth-order valence-electron chi connectivity index (χ4n) is 3.53. The Morgan fingerprint density at radius 1 is 1.21 bits per heavy atom. The Labute approximate surface area is 192 Å². The highest BCUT2D eigenvalue weighted by atomic mass is 19.1. The molecule has 1 aromatic carbocycles. The van der Waals surface area contributed by atoms with Crippen molar-refractivity contribution < 1.29 is 23.8 Å². The number of carboxylic acids is 1. The first-order valence-corrected chi connectivity index (χ1v) is 10.9. The van der Waals surface area contributed by atoms with Gasteiger partial charge in [0, 0.05) is 31.4 Å². The number of hydrogen-bond donors (Lipinski definition) is 3. The first-order chi connectivity index (χ1) is 15.6. The number of rotatable bonds is 7. The van der Waals surface area contributed by atoms with Crippen molar-refractivity contribution in [3.8, 4) is 0 Å². The Bertz CT molecular complexity index is 987. The van der Waals surface area contributed by atoms with Crippen molar-refractivity contribution in [3.05, 3.63) is 47.7 Å². The first kappa shape index (κ1) is 24.4. The van der Waals surface area contributed by atoms with E-state index < -0.39 is 23.0 Å². The number of nitrogens with zero attached hydrogens (tertiary/aromatic N) is 3. The van der Waals surface area contributed by atoms with Gasteiger partial charge in [0.2, 0.25) is 0 Å². The van der Waals surface area contributed by atoms with Gasteiger partial charge in [-0.1, -0.05) is 0 Å². The molecule has 1 aromatic heterocycles. The van der Waals surface area contributed by atoms with Crippen molar-refractivity contribution in [2.75, 3.05) is 25.0 Å². The first-order valence-electron chi connectivity index (χ1n) is 10.9. The third-order valence-corrected chi connectivity index (χ3v) is 5.20. The van der Waals surface area contributed by atoms with E-state index in [0.717, 1.165) is 31.1 Å². The monoisotopic (exact) mass is 459 g/mol. The van der Waals surface area contributed by atoms with Crippen LogP contribution in [0.5, 0.6) is 0 Å². The lowest BCUT2D eigenvalue weighted by molar-refractivity contribution is 0.0184. The van der Waals surface area contributed by atoms with E-state index in [4.69, 9.17) is 9.84 Å². The third kappa shape index (κ3) is 7.38. The van der Waals surface area contributed by atoms with Gasteiger partial charge in [-0.15, -0.1) is 0 Å². The lowest BCUT2D eigenvalue weighted by Crippen LogP contribution is -2.43. The Balaban J connectivity index is 1.46. The lowest BCUT2D eigenvalue weighted by Gasteiger charge is -2.33. The van der Waals surface area contributed by atoms with Crippen LogP contribution < -0.4 is 10.6 Å². The van der Waals surface area contributed by atoms with E-state index in [-0.39, 0.29) is 6.09 Å². The number of anilines is 2. The predicted octanol–water partition coefficient (Wildman–Crippen LogP) is 3.79. The summed E-state index contributed by atoms with van der Waals surface area (Å²) in [6.45, 7) is 8.29. The van der Waals surface area contributed by atoms with E-state index in [9.17, 15) is 14.0 Å². The SMILES string of the molecule is CC(C)(C)OC(=O)N1CCC(CNCc2cc(Nc3ccc(F)c(C(=O)O)c3)ncn2)CC1. The normalized spacial score (nSPS) is 14.7. The van der Waals surface area contributed by atoms with Gasteiger partial charge in [0.1, 0.15) is 23.6 Å². The van der Waals surface area contributed by atoms with Crippen LogP contribution in [0.4, 0.5) is 20.7 Å². The van der Waals surface area contributed by atoms with Crippen molar-refractivity contribution in [2.24, 2.45) is 5.92 Å². The number of carbonyl (C=O) groups is 2. The van der Waals surface area contributed by atoms with Crippen molar-refractivity contribution in [1.82, 2.24) is 20.2 Å². The van der Waals surface area contributed by atoms with Crippen LogP contribution in [0.1, 0.15) is 49.7 Å². The van der Waals surface area contributed by atoms with Crippen molar-refractivity contribution in [1.29, 1.82) is 0 Å². The van der Waals surface area contributed by atoms with Gasteiger partial charge in [0.25, 0.3) is 0 Å². The summed E-state index contributed by atoms with van der Waals surface area (Å²) in [5.74, 6) is -1.19. The number of aromatic carboxylic acids is 1. The highest BCUT2D eigenvalue weighted by molar-refractivity contribution is 5.89. The molecule has 9 nitrogen and oxygen atoms in total. The van der Waals surface area contributed by atoms with Crippen LogP contribution >= 0.6 is 0 Å². The second-order valence-corrected chi connectivity index (χ2v) is 9.06. The predicted molar refractivity (Wildman–Crippen MR) is 121 cm³/mol. The Kier molecular flexibility index (Phi) is 7.80. The van der Waals surface area contributed by atoms with Crippen LogP contribution in [0.2, 0.25) is 0 Å². The molecule has 0 radical (unpaired) electrons. The maximum absolute atomic E-state index is 13.6. The maximum Gasteiger partial charge on any atom is 0.410 e. The molecule has 0 unspecified atom stereocenters. The largest absolute Gasteiger partial charge is 0.478 e. The Morgan fingerprint density at radius 2 is 1.94 bits per heavy atom. The van der Waals surface area contributed by atoms with Gasteiger partial charge in [0.15, 0.2) is 0 Å². The number of carboxylic acid groups (broad SMARTS) is 1. The van der Waals surface area contributed by atoms with E-state index in [0.29, 0.717) is 37.1 Å². The van der Waals surface area contributed by atoms with E-state index in [2.05, 4.69) is 20.6 Å². The summed E-state index contributed by atoms with van der Waals surface area (Å²) in [6.07, 6.45) is 2.96. The molecule has 1 fully saturated rings. The van der Waals surface area contributed by atoms with E-state index in [1.165, 1.54) is 18.5 Å². The van der Waals surface area contributed by atoms with Gasteiger partial charge < -0.3 is 25.4 Å². The zero-order valence-corrected chi connectivity index (χ0v) is 19.1. The molecule has 1 saturated heterocycles. The van der Waals surface area contributed by atoms with Gasteiger partial charge in [-0.2, -0.15) is 0 Å². The number of halogens is 1. The molecular formula is C23H30FN5O4. The summed E-state index contributed by atoms with van der Waals surface area (Å²) in [7, 11) is 0. The summed E-state index contributed by atoms with van der Waals surface area (Å²) in [4.78, 5) is 33.4. The number of aromatic nitrogens is 2. The molecule has 178 valence electrons. The van der Waals surface area contributed by atoms with Gasteiger partial charge in [-0.25, -0.2) is 23.9 Å². The average Bonchev–Trinajstić information content (AvgIpc) is 2.74. The molecule has 0 bridgehead atoms. The van der Waals surface area contributed by atoms with Crippen molar-refractivity contribution in [2.45, 2.75) is 45.8 Å². The molecule has 10 heteroatoms. The minimum atomic E-state index is -1.33. The van der Waals surface area contributed by atoms with E-state index in [1.54, 1.807) is 11.0 Å². The number of nitrogens with one attached hydrogen (secondary N) is 2. The standard InChI is InChI=1S/C23H30FN5O4/c1-23(2,3)33-22(32)29-8-6-15(7-9-29)12-25-13-17-11-20(27-14-26-17)28-16-4-5-19(24)18(10-16)21(30)31/h4-5,10-11,14-15,25H,6-9,12-13H2,1-3H3,(H,30,31)(H,26,27,28). The maximum atomic E-state index is 13.6. The van der Waals surface area contributed by atoms with Crippen molar-refractivity contribution in [3.63, 3.8) is 0 Å². The van der Waals surface area contributed by atoms with Crippen LogP contribution in [0.25, 0.3) is 0 Å². The number of likely N-dealkylation sites (tertiary alicyclic amines) is 1. The van der Waals surface area contributed by atoms with E-state index >= 15 is 0 Å². The highest BCUT2D eigenvalue weighted by Crippen LogP contribution is 2.20. The number of amides is 1. The number of carbonyl (C=O) groups excluding carboxylic acids is 1. The lowest BCUT2D eigenvalue weighted by atomic mass is 9.97. The zero-order valence-electron chi connectivity index (χ0n) is 19.1. The molecule has 0 atom stereocenters. The molecule has 3 N–H and O–H groups in total. The molecule has 2 aromatic rings. The minimum Gasteiger partial charge on any atom is -0.478 e. The molecular weight excluding hydrogens is 429 g/mol. The fourth-order valence-corrected chi connectivity index (χ4v) is 3.53. The van der Waals surface area contributed by atoms with Gasteiger partial charge in [0.05, 0.1) is 11.3 Å². The molecule has 0 saturated carbocycles. The quantitative estimate of drug-likeness (QED) is 0.573. The van der Waals surface area contributed by atoms with Gasteiger partial charge in [-0.3, -0.25) is 0 Å².